The van der Waals surface area contributed by atoms with Crippen LogP contribution >= 0.6 is 11.3 Å². The van der Waals surface area contributed by atoms with Crippen molar-refractivity contribution >= 4 is 17.3 Å². The number of methoxy groups -OCH3 is 1. The van der Waals surface area contributed by atoms with Crippen LogP contribution in [0.15, 0.2) is 5.38 Å². The van der Waals surface area contributed by atoms with Crippen molar-refractivity contribution < 1.29 is 14.3 Å². The van der Waals surface area contributed by atoms with E-state index >= 15 is 0 Å². The largest absolute Gasteiger partial charge is 0.461 e. The van der Waals surface area contributed by atoms with Crippen LogP contribution < -0.4 is 5.73 Å². The number of carbonyl (C=O) groups excluding carboxylic acids is 1. The fourth-order valence-electron chi connectivity index (χ4n) is 1.06. The molecule has 0 fully saturated rings. The van der Waals surface area contributed by atoms with Crippen LogP contribution in [0.3, 0.4) is 0 Å². The standard InChI is InChI=1S/C11H18N2O3S/c1-11(2,15-3)4-5-16-10(14)8-7-17-9(6-12)13-8/h7H,4-6,12H2,1-3H3. The van der Waals surface area contributed by atoms with Crippen molar-refractivity contribution in [2.45, 2.75) is 32.4 Å². The zero-order valence-corrected chi connectivity index (χ0v) is 11.2. The molecule has 0 aromatic carbocycles. The second-order valence-electron chi connectivity index (χ2n) is 4.18. The molecule has 0 radical (unpaired) electrons. The van der Waals surface area contributed by atoms with Crippen LogP contribution in [-0.4, -0.2) is 30.3 Å². The maximum absolute atomic E-state index is 11.6. The van der Waals surface area contributed by atoms with Gasteiger partial charge in [-0.15, -0.1) is 11.3 Å². The molecule has 0 aliphatic carbocycles. The first-order valence-corrected chi connectivity index (χ1v) is 6.23. The van der Waals surface area contributed by atoms with Gasteiger partial charge in [0, 0.05) is 25.5 Å². The number of carbonyl (C=O) groups is 1. The lowest BCUT2D eigenvalue weighted by Crippen LogP contribution is -2.25. The zero-order valence-electron chi connectivity index (χ0n) is 10.4. The Hall–Kier alpha value is -0.980. The van der Waals surface area contributed by atoms with Gasteiger partial charge in [-0.1, -0.05) is 0 Å². The van der Waals surface area contributed by atoms with E-state index in [1.54, 1.807) is 12.5 Å². The van der Waals surface area contributed by atoms with Gasteiger partial charge in [0.05, 0.1) is 12.2 Å². The predicted molar refractivity (Wildman–Crippen MR) is 66.0 cm³/mol. The van der Waals surface area contributed by atoms with Gasteiger partial charge in [0.2, 0.25) is 0 Å². The topological polar surface area (TPSA) is 74.4 Å². The van der Waals surface area contributed by atoms with Gasteiger partial charge < -0.3 is 15.2 Å². The third-order valence-electron chi connectivity index (χ3n) is 2.43. The molecule has 5 nitrogen and oxygen atoms in total. The van der Waals surface area contributed by atoms with Crippen molar-refractivity contribution in [3.05, 3.63) is 16.1 Å². The highest BCUT2D eigenvalue weighted by Crippen LogP contribution is 2.14. The van der Waals surface area contributed by atoms with Gasteiger partial charge in [0.15, 0.2) is 5.69 Å². The van der Waals surface area contributed by atoms with Gasteiger partial charge >= 0.3 is 5.97 Å². The highest BCUT2D eigenvalue weighted by atomic mass is 32.1. The van der Waals surface area contributed by atoms with E-state index in [9.17, 15) is 4.79 Å². The number of hydrogen-bond acceptors (Lipinski definition) is 6. The van der Waals surface area contributed by atoms with Crippen LogP contribution in [0.5, 0.6) is 0 Å². The highest BCUT2D eigenvalue weighted by Gasteiger charge is 2.18. The lowest BCUT2D eigenvalue weighted by molar-refractivity contribution is -0.00578. The summed E-state index contributed by atoms with van der Waals surface area (Å²) in [5, 5.41) is 2.39. The summed E-state index contributed by atoms with van der Waals surface area (Å²) < 4.78 is 10.3. The lowest BCUT2D eigenvalue weighted by Gasteiger charge is -2.22. The maximum atomic E-state index is 11.6. The highest BCUT2D eigenvalue weighted by molar-refractivity contribution is 7.09. The van der Waals surface area contributed by atoms with Gasteiger partial charge in [-0.2, -0.15) is 0 Å². The summed E-state index contributed by atoms with van der Waals surface area (Å²) in [6.45, 7) is 4.54. The van der Waals surface area contributed by atoms with Crippen molar-refractivity contribution in [2.24, 2.45) is 5.73 Å². The summed E-state index contributed by atoms with van der Waals surface area (Å²) >= 11 is 1.36. The third kappa shape index (κ3) is 4.41. The smallest absolute Gasteiger partial charge is 0.357 e. The van der Waals surface area contributed by atoms with E-state index in [2.05, 4.69) is 4.98 Å². The molecule has 0 saturated heterocycles. The Bertz CT molecular complexity index is 377. The average Bonchev–Trinajstić information content (AvgIpc) is 2.77. The SMILES string of the molecule is COC(C)(C)CCOC(=O)c1csc(CN)n1. The van der Waals surface area contributed by atoms with E-state index in [1.165, 1.54) is 11.3 Å². The molecule has 1 heterocycles. The maximum Gasteiger partial charge on any atom is 0.357 e. The minimum absolute atomic E-state index is 0.287. The number of aromatic nitrogens is 1. The third-order valence-corrected chi connectivity index (χ3v) is 3.30. The Morgan fingerprint density at radius 1 is 1.59 bits per heavy atom. The lowest BCUT2D eigenvalue weighted by atomic mass is 10.1. The molecule has 0 aliphatic heterocycles. The second-order valence-corrected chi connectivity index (χ2v) is 5.12. The first kappa shape index (κ1) is 14.1. The van der Waals surface area contributed by atoms with Crippen LogP contribution in [0.25, 0.3) is 0 Å². The molecule has 96 valence electrons. The van der Waals surface area contributed by atoms with E-state index in [-0.39, 0.29) is 5.60 Å². The van der Waals surface area contributed by atoms with Crippen LogP contribution in [0.4, 0.5) is 0 Å². The molecule has 0 atom stereocenters. The van der Waals surface area contributed by atoms with Gasteiger partial charge in [-0.05, 0) is 13.8 Å². The van der Waals surface area contributed by atoms with Crippen molar-refractivity contribution in [1.82, 2.24) is 4.98 Å². The summed E-state index contributed by atoms with van der Waals surface area (Å²) in [7, 11) is 1.63. The molecule has 0 amide bonds. The number of thiazole rings is 1. The average molecular weight is 258 g/mol. The van der Waals surface area contributed by atoms with Gasteiger partial charge in [-0.3, -0.25) is 0 Å². The van der Waals surface area contributed by atoms with E-state index < -0.39 is 5.97 Å². The molecule has 0 aliphatic rings. The number of hydrogen-bond donors (Lipinski definition) is 1. The Kier molecular flexibility index (Phi) is 5.04. The summed E-state index contributed by atoms with van der Waals surface area (Å²) in [6, 6.07) is 0. The summed E-state index contributed by atoms with van der Waals surface area (Å²) in [6.07, 6.45) is 0.642. The van der Waals surface area contributed by atoms with Crippen LogP contribution in [0.1, 0.15) is 35.8 Å². The van der Waals surface area contributed by atoms with Crippen molar-refractivity contribution in [3.8, 4) is 0 Å². The molecule has 0 saturated carbocycles. The Balaban J connectivity index is 2.40. The number of esters is 1. The molecule has 1 aromatic rings. The van der Waals surface area contributed by atoms with Crippen LogP contribution in [0.2, 0.25) is 0 Å². The first-order chi connectivity index (χ1) is 7.98. The molecular weight excluding hydrogens is 240 g/mol. The number of ether oxygens (including phenoxy) is 2. The Morgan fingerprint density at radius 2 is 2.29 bits per heavy atom. The molecule has 1 aromatic heterocycles. The molecule has 0 unspecified atom stereocenters. The number of rotatable bonds is 6. The number of nitrogens with zero attached hydrogens (tertiary/aromatic N) is 1. The van der Waals surface area contributed by atoms with Gasteiger partial charge in [0.25, 0.3) is 0 Å². The Labute approximate surface area is 105 Å². The minimum atomic E-state index is -0.409. The quantitative estimate of drug-likeness (QED) is 0.784. The summed E-state index contributed by atoms with van der Waals surface area (Å²) in [5.41, 5.74) is 5.46. The minimum Gasteiger partial charge on any atom is -0.461 e. The zero-order chi connectivity index (χ0) is 12.9. The molecule has 6 heteroatoms. The Morgan fingerprint density at radius 3 is 2.82 bits per heavy atom. The van der Waals surface area contributed by atoms with E-state index in [1.807, 2.05) is 13.8 Å². The van der Waals surface area contributed by atoms with Crippen molar-refractivity contribution in [2.75, 3.05) is 13.7 Å². The normalized spacial score (nSPS) is 11.5. The fourth-order valence-corrected chi connectivity index (χ4v) is 1.71. The first-order valence-electron chi connectivity index (χ1n) is 5.35. The molecule has 0 bridgehead atoms. The van der Waals surface area contributed by atoms with Crippen molar-refractivity contribution in [3.63, 3.8) is 0 Å². The van der Waals surface area contributed by atoms with E-state index in [4.69, 9.17) is 15.2 Å². The fraction of sp³-hybridized carbons (Fsp3) is 0.636. The molecule has 1 rings (SSSR count). The molecule has 0 spiro atoms. The molecule has 17 heavy (non-hydrogen) atoms. The van der Waals surface area contributed by atoms with Crippen molar-refractivity contribution in [1.29, 1.82) is 0 Å². The molecular formula is C11H18N2O3S. The second kappa shape index (κ2) is 6.09. The van der Waals surface area contributed by atoms with Crippen LogP contribution in [-0.2, 0) is 16.0 Å². The van der Waals surface area contributed by atoms with Gasteiger partial charge in [0.1, 0.15) is 5.01 Å². The summed E-state index contributed by atoms with van der Waals surface area (Å²) in [4.78, 5) is 15.6. The predicted octanol–water partition coefficient (Wildman–Crippen LogP) is 1.57. The number of nitrogens with two attached hydrogens (primary N) is 1. The van der Waals surface area contributed by atoms with E-state index in [0.717, 1.165) is 5.01 Å². The van der Waals surface area contributed by atoms with Crippen LogP contribution in [0, 0.1) is 0 Å². The van der Waals surface area contributed by atoms with E-state index in [0.29, 0.717) is 25.3 Å². The monoisotopic (exact) mass is 258 g/mol. The van der Waals surface area contributed by atoms with Gasteiger partial charge in [-0.25, -0.2) is 9.78 Å². The summed E-state index contributed by atoms with van der Waals surface area (Å²) in [5.74, 6) is -0.409. The molecule has 2 N–H and O–H groups in total.